The summed E-state index contributed by atoms with van der Waals surface area (Å²) in [5.41, 5.74) is 3.91. The normalized spacial score (nSPS) is 13.3. The highest BCUT2D eigenvalue weighted by molar-refractivity contribution is 5.76. The predicted octanol–water partition coefficient (Wildman–Crippen LogP) is 4.74. The fourth-order valence-corrected chi connectivity index (χ4v) is 3.37. The van der Waals surface area contributed by atoms with E-state index in [1.807, 2.05) is 73.1 Å². The molecule has 1 aliphatic carbocycles. The number of hydrogen-bond acceptors (Lipinski definition) is 3. The van der Waals surface area contributed by atoms with Crippen molar-refractivity contribution in [1.29, 1.82) is 0 Å². The number of amides is 1. The van der Waals surface area contributed by atoms with Crippen LogP contribution >= 0.6 is 0 Å². The van der Waals surface area contributed by atoms with Gasteiger partial charge in [-0.2, -0.15) is 5.10 Å². The van der Waals surface area contributed by atoms with Gasteiger partial charge in [0.25, 0.3) is 0 Å². The Balaban J connectivity index is 1.60. The Kier molecular flexibility index (Phi) is 5.65. The SMILES string of the molecule is Cc1cccc(Oc2c(CCC(=O)NCC3CC3)c(C)nn2-c2ccccc2)c1. The van der Waals surface area contributed by atoms with Crippen LogP contribution in [0.4, 0.5) is 0 Å². The fourth-order valence-electron chi connectivity index (χ4n) is 3.37. The number of benzene rings is 2. The number of aryl methyl sites for hydroxylation is 2. The van der Waals surface area contributed by atoms with Crippen molar-refractivity contribution < 1.29 is 9.53 Å². The minimum atomic E-state index is 0.0882. The van der Waals surface area contributed by atoms with E-state index in [1.54, 1.807) is 0 Å². The van der Waals surface area contributed by atoms with Crippen molar-refractivity contribution in [1.82, 2.24) is 15.1 Å². The van der Waals surface area contributed by atoms with Crippen LogP contribution in [0.15, 0.2) is 54.6 Å². The molecule has 29 heavy (non-hydrogen) atoms. The van der Waals surface area contributed by atoms with Crippen LogP contribution in [0.2, 0.25) is 0 Å². The number of nitrogens with zero attached hydrogens (tertiary/aromatic N) is 2. The number of nitrogens with one attached hydrogen (secondary N) is 1. The van der Waals surface area contributed by atoms with Gasteiger partial charge in [0.05, 0.1) is 11.4 Å². The summed E-state index contributed by atoms with van der Waals surface area (Å²) in [5, 5.41) is 7.76. The largest absolute Gasteiger partial charge is 0.439 e. The molecule has 2 aromatic carbocycles. The molecule has 0 atom stereocenters. The maximum absolute atomic E-state index is 12.3. The Morgan fingerprint density at radius 3 is 2.66 bits per heavy atom. The Labute approximate surface area is 171 Å². The van der Waals surface area contributed by atoms with E-state index in [2.05, 4.69) is 5.32 Å². The Morgan fingerprint density at radius 2 is 1.93 bits per heavy atom. The van der Waals surface area contributed by atoms with E-state index in [-0.39, 0.29) is 5.91 Å². The molecule has 1 fully saturated rings. The second-order valence-electron chi connectivity index (χ2n) is 7.78. The third-order valence-corrected chi connectivity index (χ3v) is 5.23. The van der Waals surface area contributed by atoms with E-state index >= 15 is 0 Å². The second kappa shape index (κ2) is 8.52. The molecule has 0 saturated heterocycles. The summed E-state index contributed by atoms with van der Waals surface area (Å²) in [5.74, 6) is 2.21. The number of carbonyl (C=O) groups is 1. The van der Waals surface area contributed by atoms with Crippen molar-refractivity contribution in [3.8, 4) is 17.3 Å². The molecular weight excluding hydrogens is 362 g/mol. The molecule has 150 valence electrons. The van der Waals surface area contributed by atoms with Crippen LogP contribution in [-0.2, 0) is 11.2 Å². The number of aromatic nitrogens is 2. The minimum absolute atomic E-state index is 0.0882. The zero-order chi connectivity index (χ0) is 20.2. The standard InChI is InChI=1S/C24H27N3O2/c1-17-7-6-10-21(15-17)29-24-22(13-14-23(28)25-16-19-11-12-19)18(2)26-27(24)20-8-4-3-5-9-20/h3-10,15,19H,11-14,16H2,1-2H3,(H,25,28). The highest BCUT2D eigenvalue weighted by Crippen LogP contribution is 2.32. The summed E-state index contributed by atoms with van der Waals surface area (Å²) < 4.78 is 8.13. The highest BCUT2D eigenvalue weighted by Gasteiger charge is 2.23. The molecule has 1 N–H and O–H groups in total. The number of ether oxygens (including phenoxy) is 1. The van der Waals surface area contributed by atoms with E-state index in [1.165, 1.54) is 12.8 Å². The average molecular weight is 389 g/mol. The Bertz CT molecular complexity index is 991. The van der Waals surface area contributed by atoms with Gasteiger partial charge in [-0.15, -0.1) is 0 Å². The predicted molar refractivity (Wildman–Crippen MR) is 114 cm³/mol. The summed E-state index contributed by atoms with van der Waals surface area (Å²) in [7, 11) is 0. The number of carbonyl (C=O) groups excluding carboxylic acids is 1. The van der Waals surface area contributed by atoms with Crippen LogP contribution in [0.1, 0.15) is 36.1 Å². The van der Waals surface area contributed by atoms with Crippen LogP contribution in [0.5, 0.6) is 11.6 Å². The van der Waals surface area contributed by atoms with Gasteiger partial charge in [-0.05, 0) is 68.9 Å². The van der Waals surface area contributed by atoms with Gasteiger partial charge >= 0.3 is 0 Å². The maximum atomic E-state index is 12.3. The van der Waals surface area contributed by atoms with Crippen molar-refractivity contribution in [2.75, 3.05) is 6.54 Å². The van der Waals surface area contributed by atoms with Crippen LogP contribution < -0.4 is 10.1 Å². The molecule has 0 spiro atoms. The zero-order valence-corrected chi connectivity index (χ0v) is 17.0. The van der Waals surface area contributed by atoms with Crippen molar-refractivity contribution in [2.24, 2.45) is 5.92 Å². The lowest BCUT2D eigenvalue weighted by Crippen LogP contribution is -2.25. The molecule has 3 aromatic rings. The zero-order valence-electron chi connectivity index (χ0n) is 17.0. The second-order valence-corrected chi connectivity index (χ2v) is 7.78. The van der Waals surface area contributed by atoms with Crippen molar-refractivity contribution in [2.45, 2.75) is 39.5 Å². The molecule has 5 heteroatoms. The van der Waals surface area contributed by atoms with Gasteiger partial charge in [0.2, 0.25) is 11.8 Å². The van der Waals surface area contributed by atoms with E-state index < -0.39 is 0 Å². The van der Waals surface area contributed by atoms with Crippen LogP contribution in [0.25, 0.3) is 5.69 Å². The van der Waals surface area contributed by atoms with E-state index in [0.29, 0.717) is 24.6 Å². The molecule has 4 rings (SSSR count). The lowest BCUT2D eigenvalue weighted by atomic mass is 10.1. The fraction of sp³-hybridized carbons (Fsp3) is 0.333. The first-order chi connectivity index (χ1) is 14.1. The van der Waals surface area contributed by atoms with Gasteiger partial charge in [0.15, 0.2) is 0 Å². The summed E-state index contributed by atoms with van der Waals surface area (Å²) in [4.78, 5) is 12.3. The van der Waals surface area contributed by atoms with Crippen LogP contribution in [-0.4, -0.2) is 22.2 Å². The van der Waals surface area contributed by atoms with Gasteiger partial charge in [0, 0.05) is 18.5 Å². The number of para-hydroxylation sites is 1. The monoisotopic (exact) mass is 389 g/mol. The van der Waals surface area contributed by atoms with Crippen molar-refractivity contribution >= 4 is 5.91 Å². The molecule has 5 nitrogen and oxygen atoms in total. The maximum Gasteiger partial charge on any atom is 0.226 e. The third kappa shape index (κ3) is 4.86. The van der Waals surface area contributed by atoms with E-state index in [4.69, 9.17) is 9.84 Å². The minimum Gasteiger partial charge on any atom is -0.439 e. The smallest absolute Gasteiger partial charge is 0.226 e. The van der Waals surface area contributed by atoms with Crippen molar-refractivity contribution in [3.05, 3.63) is 71.4 Å². The highest BCUT2D eigenvalue weighted by atomic mass is 16.5. The molecule has 0 unspecified atom stereocenters. The summed E-state index contributed by atoms with van der Waals surface area (Å²) in [6.07, 6.45) is 3.49. The Morgan fingerprint density at radius 1 is 1.14 bits per heavy atom. The first-order valence-electron chi connectivity index (χ1n) is 10.3. The molecule has 1 saturated carbocycles. The number of rotatable bonds is 8. The quantitative estimate of drug-likeness (QED) is 0.605. The van der Waals surface area contributed by atoms with Gasteiger partial charge < -0.3 is 10.1 Å². The molecule has 1 heterocycles. The first-order valence-corrected chi connectivity index (χ1v) is 10.3. The van der Waals surface area contributed by atoms with Crippen LogP contribution in [0.3, 0.4) is 0 Å². The average Bonchev–Trinajstić information content (AvgIpc) is 3.50. The van der Waals surface area contributed by atoms with Crippen molar-refractivity contribution in [3.63, 3.8) is 0 Å². The van der Waals surface area contributed by atoms with E-state index in [9.17, 15) is 4.79 Å². The molecular formula is C24H27N3O2. The van der Waals surface area contributed by atoms with Crippen LogP contribution in [0, 0.1) is 19.8 Å². The van der Waals surface area contributed by atoms with Gasteiger partial charge in [-0.25, -0.2) is 4.68 Å². The lowest BCUT2D eigenvalue weighted by molar-refractivity contribution is -0.121. The lowest BCUT2D eigenvalue weighted by Gasteiger charge is -2.12. The molecule has 0 bridgehead atoms. The van der Waals surface area contributed by atoms with Gasteiger partial charge in [-0.3, -0.25) is 4.79 Å². The molecule has 1 aromatic heterocycles. The molecule has 0 aliphatic heterocycles. The van der Waals surface area contributed by atoms with E-state index in [0.717, 1.165) is 34.8 Å². The number of hydrogen-bond donors (Lipinski definition) is 1. The summed E-state index contributed by atoms with van der Waals surface area (Å²) >= 11 is 0. The van der Waals surface area contributed by atoms with Gasteiger partial charge in [0.1, 0.15) is 5.75 Å². The summed E-state index contributed by atoms with van der Waals surface area (Å²) in [6, 6.07) is 17.9. The molecule has 0 radical (unpaired) electrons. The molecule has 1 aliphatic rings. The molecule has 1 amide bonds. The third-order valence-electron chi connectivity index (χ3n) is 5.23. The Hall–Kier alpha value is -3.08. The first kappa shape index (κ1) is 19.2. The topological polar surface area (TPSA) is 56.1 Å². The van der Waals surface area contributed by atoms with Gasteiger partial charge in [-0.1, -0.05) is 30.3 Å². The summed E-state index contributed by atoms with van der Waals surface area (Å²) in [6.45, 7) is 4.81.